The van der Waals surface area contributed by atoms with Gasteiger partial charge in [-0.25, -0.2) is 0 Å². The molecule has 1 aromatic carbocycles. The smallest absolute Gasteiger partial charge is 0.387 e. The molecule has 1 amide bonds. The molecule has 1 aromatic rings. The number of nitrogens with one attached hydrogen (secondary N) is 2. The van der Waals surface area contributed by atoms with Crippen molar-refractivity contribution in [3.63, 3.8) is 0 Å². The van der Waals surface area contributed by atoms with Crippen molar-refractivity contribution in [3.05, 3.63) is 23.2 Å². The highest BCUT2D eigenvalue weighted by atomic mass is 35.5. The first-order valence-corrected chi connectivity index (χ1v) is 6.64. The molecule has 0 radical (unpaired) electrons. The molecule has 0 saturated carbocycles. The van der Waals surface area contributed by atoms with E-state index in [0.29, 0.717) is 5.69 Å². The number of carbonyl (C=O) groups excluding carboxylic acids is 1. The summed E-state index contributed by atoms with van der Waals surface area (Å²) in [6.07, 6.45) is 0.944. The Morgan fingerprint density at radius 1 is 1.55 bits per heavy atom. The molecule has 7 heteroatoms. The molecule has 0 bridgehead atoms. The molecule has 2 N–H and O–H groups in total. The van der Waals surface area contributed by atoms with Gasteiger partial charge in [-0.3, -0.25) is 4.79 Å². The molecular weight excluding hydrogens is 290 g/mol. The lowest BCUT2D eigenvalue weighted by molar-refractivity contribution is -0.118. The average Bonchev–Trinajstić information content (AvgIpc) is 2.78. The lowest BCUT2D eigenvalue weighted by Crippen LogP contribution is -2.39. The lowest BCUT2D eigenvalue weighted by atomic mass is 10.0. The van der Waals surface area contributed by atoms with Crippen LogP contribution >= 0.6 is 11.6 Å². The molecule has 0 aromatic heterocycles. The normalized spacial score (nSPS) is 22.1. The molecule has 110 valence electrons. The van der Waals surface area contributed by atoms with Crippen LogP contribution in [0.15, 0.2) is 18.2 Å². The minimum absolute atomic E-state index is 0.0236. The Morgan fingerprint density at radius 3 is 2.85 bits per heavy atom. The maximum absolute atomic E-state index is 12.1. The Labute approximate surface area is 120 Å². The van der Waals surface area contributed by atoms with Gasteiger partial charge in [0.05, 0.1) is 11.1 Å². The van der Waals surface area contributed by atoms with Crippen LogP contribution in [-0.2, 0) is 4.79 Å². The molecule has 2 atom stereocenters. The van der Waals surface area contributed by atoms with Crippen molar-refractivity contribution in [2.24, 2.45) is 5.92 Å². The first-order chi connectivity index (χ1) is 9.47. The van der Waals surface area contributed by atoms with E-state index in [9.17, 15) is 13.6 Å². The standard InChI is InChI=1S/C13H15ClF2N2O2/c1-7-4-5-17-11(7)12(19)18-8-2-3-10(9(14)6-8)20-13(15)16/h2-3,6-7,11,13,17H,4-5H2,1H3,(H,18,19). The molecule has 0 aliphatic carbocycles. The molecule has 2 unspecified atom stereocenters. The van der Waals surface area contributed by atoms with Gasteiger partial charge in [0.25, 0.3) is 0 Å². The fourth-order valence-electron chi connectivity index (χ4n) is 2.18. The number of hydrogen-bond donors (Lipinski definition) is 2. The van der Waals surface area contributed by atoms with Crippen LogP contribution in [0.25, 0.3) is 0 Å². The fourth-order valence-corrected chi connectivity index (χ4v) is 2.40. The van der Waals surface area contributed by atoms with Crippen molar-refractivity contribution in [3.8, 4) is 5.75 Å². The van der Waals surface area contributed by atoms with Gasteiger partial charge in [-0.05, 0) is 37.1 Å². The molecule has 1 aliphatic heterocycles. The van der Waals surface area contributed by atoms with E-state index in [0.717, 1.165) is 13.0 Å². The topological polar surface area (TPSA) is 50.4 Å². The highest BCUT2D eigenvalue weighted by Crippen LogP contribution is 2.29. The van der Waals surface area contributed by atoms with Crippen molar-refractivity contribution in [2.45, 2.75) is 26.0 Å². The highest BCUT2D eigenvalue weighted by Gasteiger charge is 2.29. The van der Waals surface area contributed by atoms with Crippen molar-refractivity contribution >= 4 is 23.2 Å². The first kappa shape index (κ1) is 15.0. The van der Waals surface area contributed by atoms with E-state index in [2.05, 4.69) is 15.4 Å². The van der Waals surface area contributed by atoms with Gasteiger partial charge in [0, 0.05) is 5.69 Å². The van der Waals surface area contributed by atoms with Gasteiger partial charge >= 0.3 is 6.61 Å². The van der Waals surface area contributed by atoms with E-state index < -0.39 is 6.61 Å². The zero-order valence-electron chi connectivity index (χ0n) is 10.8. The SMILES string of the molecule is CC1CCNC1C(=O)Nc1ccc(OC(F)F)c(Cl)c1. The number of rotatable bonds is 4. The summed E-state index contributed by atoms with van der Waals surface area (Å²) in [6, 6.07) is 3.92. The molecule has 4 nitrogen and oxygen atoms in total. The number of alkyl halides is 2. The van der Waals surface area contributed by atoms with Gasteiger partial charge in [-0.15, -0.1) is 0 Å². The van der Waals surface area contributed by atoms with Crippen molar-refractivity contribution in [2.75, 3.05) is 11.9 Å². The number of amides is 1. The van der Waals surface area contributed by atoms with Crippen LogP contribution in [0.2, 0.25) is 5.02 Å². The number of benzene rings is 1. The van der Waals surface area contributed by atoms with Crippen LogP contribution in [0.3, 0.4) is 0 Å². The Bertz CT molecular complexity index is 499. The van der Waals surface area contributed by atoms with Crippen molar-refractivity contribution in [1.29, 1.82) is 0 Å². The molecule has 20 heavy (non-hydrogen) atoms. The summed E-state index contributed by atoms with van der Waals surface area (Å²) in [7, 11) is 0. The van der Waals surface area contributed by atoms with Crippen LogP contribution in [0.1, 0.15) is 13.3 Å². The number of anilines is 1. The first-order valence-electron chi connectivity index (χ1n) is 6.26. The van der Waals surface area contributed by atoms with Crippen LogP contribution in [0.4, 0.5) is 14.5 Å². The predicted molar refractivity (Wildman–Crippen MR) is 72.3 cm³/mol. The highest BCUT2D eigenvalue weighted by molar-refractivity contribution is 6.32. The monoisotopic (exact) mass is 304 g/mol. The van der Waals surface area contributed by atoms with Gasteiger partial charge in [0.1, 0.15) is 5.75 Å². The van der Waals surface area contributed by atoms with E-state index in [1.807, 2.05) is 6.92 Å². The molecule has 1 saturated heterocycles. The third-order valence-corrected chi connectivity index (χ3v) is 3.53. The molecule has 2 rings (SSSR count). The fraction of sp³-hybridized carbons (Fsp3) is 0.462. The largest absolute Gasteiger partial charge is 0.433 e. The molecule has 0 spiro atoms. The summed E-state index contributed by atoms with van der Waals surface area (Å²) < 4.78 is 28.4. The summed E-state index contributed by atoms with van der Waals surface area (Å²) in [5.41, 5.74) is 0.447. The number of ether oxygens (including phenoxy) is 1. The lowest BCUT2D eigenvalue weighted by Gasteiger charge is -2.16. The average molecular weight is 305 g/mol. The van der Waals surface area contributed by atoms with E-state index in [4.69, 9.17) is 11.6 Å². The van der Waals surface area contributed by atoms with Crippen molar-refractivity contribution in [1.82, 2.24) is 5.32 Å². The summed E-state index contributed by atoms with van der Waals surface area (Å²) in [4.78, 5) is 12.0. The van der Waals surface area contributed by atoms with Crippen LogP contribution in [0.5, 0.6) is 5.75 Å². The minimum atomic E-state index is -2.93. The van der Waals surface area contributed by atoms with Gasteiger partial charge in [-0.1, -0.05) is 18.5 Å². The molecule has 1 aliphatic rings. The quantitative estimate of drug-likeness (QED) is 0.899. The Morgan fingerprint density at radius 2 is 2.30 bits per heavy atom. The minimum Gasteiger partial charge on any atom is -0.433 e. The van der Waals surface area contributed by atoms with Gasteiger partial charge in [0.15, 0.2) is 0 Å². The molecule has 1 fully saturated rings. The zero-order chi connectivity index (χ0) is 14.7. The van der Waals surface area contributed by atoms with E-state index in [1.165, 1.54) is 18.2 Å². The van der Waals surface area contributed by atoms with Crippen LogP contribution in [0, 0.1) is 5.92 Å². The second-order valence-corrected chi connectivity index (χ2v) is 5.12. The molecule has 1 heterocycles. The third-order valence-electron chi connectivity index (χ3n) is 3.23. The zero-order valence-corrected chi connectivity index (χ0v) is 11.6. The number of carbonyl (C=O) groups is 1. The second-order valence-electron chi connectivity index (χ2n) is 4.71. The summed E-state index contributed by atoms with van der Waals surface area (Å²) in [5, 5.41) is 5.84. The van der Waals surface area contributed by atoms with Gasteiger partial charge in [0.2, 0.25) is 5.91 Å². The van der Waals surface area contributed by atoms with Crippen LogP contribution < -0.4 is 15.4 Å². The maximum Gasteiger partial charge on any atom is 0.387 e. The Kier molecular flexibility index (Phi) is 4.77. The maximum atomic E-state index is 12.1. The molecular formula is C13H15ClF2N2O2. The number of hydrogen-bond acceptors (Lipinski definition) is 3. The number of halogens is 3. The Balaban J connectivity index is 2.03. The third kappa shape index (κ3) is 3.58. The van der Waals surface area contributed by atoms with Gasteiger partial charge < -0.3 is 15.4 Å². The van der Waals surface area contributed by atoms with Crippen molar-refractivity contribution < 1.29 is 18.3 Å². The second kappa shape index (κ2) is 6.37. The predicted octanol–water partition coefficient (Wildman–Crippen LogP) is 2.88. The summed E-state index contributed by atoms with van der Waals surface area (Å²) >= 11 is 5.82. The summed E-state index contributed by atoms with van der Waals surface area (Å²) in [6.45, 7) is -0.130. The summed E-state index contributed by atoms with van der Waals surface area (Å²) in [5.74, 6) is -0.0208. The Hall–Kier alpha value is -1.40. The van der Waals surface area contributed by atoms with Crippen LogP contribution in [-0.4, -0.2) is 25.1 Å². The van der Waals surface area contributed by atoms with E-state index in [-0.39, 0.29) is 28.6 Å². The van der Waals surface area contributed by atoms with E-state index >= 15 is 0 Å². The van der Waals surface area contributed by atoms with E-state index in [1.54, 1.807) is 0 Å². The van der Waals surface area contributed by atoms with Gasteiger partial charge in [-0.2, -0.15) is 8.78 Å².